The SMILES string of the molecule is CCCC(C)COCc1nc(N)c2cnn(C)c2n1. The molecule has 6 heteroatoms. The van der Waals surface area contributed by atoms with E-state index in [1.165, 1.54) is 12.8 Å². The van der Waals surface area contributed by atoms with Gasteiger partial charge in [-0.3, -0.25) is 4.68 Å². The Morgan fingerprint density at radius 3 is 2.95 bits per heavy atom. The minimum absolute atomic E-state index is 0.388. The molecule has 0 aliphatic heterocycles. The fourth-order valence-electron chi connectivity index (χ4n) is 2.08. The molecule has 19 heavy (non-hydrogen) atoms. The smallest absolute Gasteiger partial charge is 0.163 e. The molecule has 0 aromatic carbocycles. The van der Waals surface area contributed by atoms with Crippen molar-refractivity contribution >= 4 is 16.9 Å². The van der Waals surface area contributed by atoms with Crippen molar-refractivity contribution in [1.29, 1.82) is 0 Å². The lowest BCUT2D eigenvalue weighted by Crippen LogP contribution is -2.09. The van der Waals surface area contributed by atoms with Gasteiger partial charge in [0.15, 0.2) is 11.5 Å². The molecule has 0 spiro atoms. The molecule has 0 saturated heterocycles. The number of ether oxygens (including phenoxy) is 1. The van der Waals surface area contributed by atoms with E-state index in [0.717, 1.165) is 17.6 Å². The largest absolute Gasteiger partial charge is 0.383 e. The molecular weight excluding hydrogens is 242 g/mol. The molecule has 0 amide bonds. The molecule has 0 bridgehead atoms. The van der Waals surface area contributed by atoms with Crippen LogP contribution in [0.25, 0.3) is 11.0 Å². The molecule has 0 aliphatic rings. The van der Waals surface area contributed by atoms with Gasteiger partial charge in [0.2, 0.25) is 0 Å². The van der Waals surface area contributed by atoms with Crippen molar-refractivity contribution in [3.63, 3.8) is 0 Å². The number of nitrogens with two attached hydrogens (primary N) is 1. The van der Waals surface area contributed by atoms with Crippen LogP contribution < -0.4 is 5.73 Å². The Balaban J connectivity index is 2.03. The summed E-state index contributed by atoms with van der Waals surface area (Å²) in [5.41, 5.74) is 6.63. The van der Waals surface area contributed by atoms with Crippen molar-refractivity contribution in [3.8, 4) is 0 Å². The maximum Gasteiger partial charge on any atom is 0.163 e. The van der Waals surface area contributed by atoms with Crippen LogP contribution in [0.3, 0.4) is 0 Å². The zero-order chi connectivity index (χ0) is 13.8. The van der Waals surface area contributed by atoms with Gasteiger partial charge in [-0.25, -0.2) is 9.97 Å². The molecule has 2 rings (SSSR count). The first-order valence-electron chi connectivity index (χ1n) is 6.63. The first-order valence-corrected chi connectivity index (χ1v) is 6.63. The van der Waals surface area contributed by atoms with Crippen LogP contribution in [0, 0.1) is 5.92 Å². The highest BCUT2D eigenvalue weighted by Gasteiger charge is 2.09. The summed E-state index contributed by atoms with van der Waals surface area (Å²) in [6.45, 7) is 5.47. The summed E-state index contributed by atoms with van der Waals surface area (Å²) in [6.07, 6.45) is 4.03. The van der Waals surface area contributed by atoms with Gasteiger partial charge < -0.3 is 10.5 Å². The molecule has 1 atom stereocenters. The second-order valence-electron chi connectivity index (χ2n) is 4.94. The van der Waals surface area contributed by atoms with Crippen LogP contribution in [0.4, 0.5) is 5.82 Å². The highest BCUT2D eigenvalue weighted by molar-refractivity contribution is 5.84. The number of fused-ring (bicyclic) bond motifs is 1. The molecule has 0 aliphatic carbocycles. The molecule has 2 heterocycles. The van der Waals surface area contributed by atoms with E-state index in [9.17, 15) is 0 Å². The first-order chi connectivity index (χ1) is 9.11. The number of aryl methyl sites for hydroxylation is 1. The van der Waals surface area contributed by atoms with Gasteiger partial charge in [0.1, 0.15) is 12.4 Å². The Bertz CT molecular complexity index is 551. The van der Waals surface area contributed by atoms with Crippen LogP contribution in [0.1, 0.15) is 32.5 Å². The zero-order valence-electron chi connectivity index (χ0n) is 11.8. The number of anilines is 1. The van der Waals surface area contributed by atoms with E-state index in [1.807, 2.05) is 7.05 Å². The van der Waals surface area contributed by atoms with Crippen LogP contribution in [0.5, 0.6) is 0 Å². The highest BCUT2D eigenvalue weighted by atomic mass is 16.5. The third kappa shape index (κ3) is 3.20. The standard InChI is InChI=1S/C13H21N5O/c1-4-5-9(2)7-19-8-11-16-12(14)10-6-15-18(3)13(10)17-11/h6,9H,4-5,7-8H2,1-3H3,(H2,14,16,17). The summed E-state index contributed by atoms with van der Waals surface area (Å²) < 4.78 is 7.34. The quantitative estimate of drug-likeness (QED) is 0.861. The van der Waals surface area contributed by atoms with E-state index in [0.29, 0.717) is 24.2 Å². The van der Waals surface area contributed by atoms with E-state index in [4.69, 9.17) is 10.5 Å². The van der Waals surface area contributed by atoms with Crippen LogP contribution >= 0.6 is 0 Å². The Hall–Kier alpha value is -1.69. The lowest BCUT2D eigenvalue weighted by atomic mass is 10.1. The van der Waals surface area contributed by atoms with E-state index < -0.39 is 0 Å². The van der Waals surface area contributed by atoms with Gasteiger partial charge in [-0.05, 0) is 12.3 Å². The van der Waals surface area contributed by atoms with Gasteiger partial charge in [0.05, 0.1) is 11.6 Å². The molecule has 0 radical (unpaired) electrons. The molecule has 0 fully saturated rings. The van der Waals surface area contributed by atoms with Crippen molar-refractivity contribution < 1.29 is 4.74 Å². The van der Waals surface area contributed by atoms with E-state index in [2.05, 4.69) is 28.9 Å². The van der Waals surface area contributed by atoms with Crippen molar-refractivity contribution in [1.82, 2.24) is 19.7 Å². The van der Waals surface area contributed by atoms with Gasteiger partial charge in [-0.15, -0.1) is 0 Å². The third-order valence-electron chi connectivity index (χ3n) is 3.08. The Morgan fingerprint density at radius 2 is 2.21 bits per heavy atom. The number of nitrogen functional groups attached to an aromatic ring is 1. The summed E-state index contributed by atoms with van der Waals surface area (Å²) in [5.74, 6) is 1.62. The number of hydrogen-bond donors (Lipinski definition) is 1. The summed E-state index contributed by atoms with van der Waals surface area (Å²) in [4.78, 5) is 8.67. The Labute approximate surface area is 113 Å². The van der Waals surface area contributed by atoms with Gasteiger partial charge in [-0.2, -0.15) is 5.10 Å². The van der Waals surface area contributed by atoms with E-state index in [1.54, 1.807) is 10.9 Å². The molecule has 0 saturated carbocycles. The minimum Gasteiger partial charge on any atom is -0.383 e. The fraction of sp³-hybridized carbons (Fsp3) is 0.615. The van der Waals surface area contributed by atoms with Crippen molar-refractivity contribution in [2.24, 2.45) is 13.0 Å². The molecule has 2 aromatic rings. The van der Waals surface area contributed by atoms with Crippen LogP contribution in [-0.2, 0) is 18.4 Å². The second-order valence-corrected chi connectivity index (χ2v) is 4.94. The second kappa shape index (κ2) is 5.97. The molecule has 2 aromatic heterocycles. The summed E-state index contributed by atoms with van der Waals surface area (Å²) in [7, 11) is 1.84. The molecule has 1 unspecified atom stereocenters. The number of aromatic nitrogens is 4. The number of nitrogens with zero attached hydrogens (tertiary/aromatic N) is 4. The molecule has 6 nitrogen and oxygen atoms in total. The van der Waals surface area contributed by atoms with Gasteiger partial charge in [-0.1, -0.05) is 20.3 Å². The average Bonchev–Trinajstić information content (AvgIpc) is 2.72. The lowest BCUT2D eigenvalue weighted by Gasteiger charge is -2.10. The lowest BCUT2D eigenvalue weighted by molar-refractivity contribution is 0.0850. The van der Waals surface area contributed by atoms with Crippen molar-refractivity contribution in [2.75, 3.05) is 12.3 Å². The van der Waals surface area contributed by atoms with Gasteiger partial charge in [0, 0.05) is 13.7 Å². The Morgan fingerprint density at radius 1 is 1.42 bits per heavy atom. The predicted molar refractivity (Wildman–Crippen MR) is 74.4 cm³/mol. The Kier molecular flexibility index (Phi) is 4.31. The predicted octanol–water partition coefficient (Wildman–Crippen LogP) is 1.90. The van der Waals surface area contributed by atoms with Crippen molar-refractivity contribution in [2.45, 2.75) is 33.3 Å². The maximum absolute atomic E-state index is 5.89. The van der Waals surface area contributed by atoms with E-state index in [-0.39, 0.29) is 0 Å². The molecule has 104 valence electrons. The summed E-state index contributed by atoms with van der Waals surface area (Å²) >= 11 is 0. The van der Waals surface area contributed by atoms with Crippen LogP contribution in [0.15, 0.2) is 6.20 Å². The van der Waals surface area contributed by atoms with Crippen molar-refractivity contribution in [3.05, 3.63) is 12.0 Å². The average molecular weight is 263 g/mol. The molecule has 2 N–H and O–H groups in total. The first kappa shape index (κ1) is 13.7. The van der Waals surface area contributed by atoms with Gasteiger partial charge in [0.25, 0.3) is 0 Å². The normalized spacial score (nSPS) is 13.0. The fourth-order valence-corrected chi connectivity index (χ4v) is 2.08. The maximum atomic E-state index is 5.89. The zero-order valence-corrected chi connectivity index (χ0v) is 11.8. The highest BCUT2D eigenvalue weighted by Crippen LogP contribution is 2.16. The summed E-state index contributed by atoms with van der Waals surface area (Å²) in [5, 5.41) is 4.91. The third-order valence-corrected chi connectivity index (χ3v) is 3.08. The number of hydrogen-bond acceptors (Lipinski definition) is 5. The van der Waals surface area contributed by atoms with Crippen LogP contribution in [-0.4, -0.2) is 26.4 Å². The minimum atomic E-state index is 0.388. The summed E-state index contributed by atoms with van der Waals surface area (Å²) in [6, 6.07) is 0. The van der Waals surface area contributed by atoms with Crippen LogP contribution in [0.2, 0.25) is 0 Å². The van der Waals surface area contributed by atoms with E-state index >= 15 is 0 Å². The number of rotatable bonds is 6. The molecular formula is C13H21N5O. The topological polar surface area (TPSA) is 78.9 Å². The monoisotopic (exact) mass is 263 g/mol. The van der Waals surface area contributed by atoms with Gasteiger partial charge >= 0.3 is 0 Å².